The maximum absolute atomic E-state index is 13.0. The van der Waals surface area contributed by atoms with Gasteiger partial charge in [-0.1, -0.05) is 284 Å². The molecule has 17 nitrogen and oxygen atoms in total. The molecule has 0 saturated carbocycles. The molecular formula is C70H132O17P2. The lowest BCUT2D eigenvalue weighted by Crippen LogP contribution is -2.30. The van der Waals surface area contributed by atoms with Crippen molar-refractivity contribution in [3.63, 3.8) is 0 Å². The summed E-state index contributed by atoms with van der Waals surface area (Å²) in [7, 11) is -9.91. The normalized spacial score (nSPS) is 14.3. The van der Waals surface area contributed by atoms with Crippen LogP contribution < -0.4 is 0 Å². The molecule has 0 heterocycles. The van der Waals surface area contributed by atoms with Gasteiger partial charge in [-0.15, -0.1) is 0 Å². The van der Waals surface area contributed by atoms with Crippen LogP contribution in [0.25, 0.3) is 0 Å². The summed E-state index contributed by atoms with van der Waals surface area (Å²) in [6, 6.07) is 0. The third kappa shape index (κ3) is 64.1. The first-order valence-corrected chi connectivity index (χ1v) is 38.9. The largest absolute Gasteiger partial charge is 0.472 e. The zero-order chi connectivity index (χ0) is 65.6. The average Bonchev–Trinajstić information content (AvgIpc) is 3.64. The molecule has 19 heteroatoms. The monoisotopic (exact) mass is 1310 g/mol. The number of carbonyl (C=O) groups is 4. The number of phosphoric acid groups is 2. The van der Waals surface area contributed by atoms with Crippen LogP contribution >= 0.6 is 15.6 Å². The second kappa shape index (κ2) is 63.0. The van der Waals surface area contributed by atoms with E-state index in [0.29, 0.717) is 31.6 Å². The number of unbranched alkanes of at least 4 members (excludes halogenated alkanes) is 37. The minimum Gasteiger partial charge on any atom is -0.462 e. The second-order valence-corrected chi connectivity index (χ2v) is 28.0. The van der Waals surface area contributed by atoms with Gasteiger partial charge in [0.2, 0.25) is 0 Å². The zero-order valence-corrected chi connectivity index (χ0v) is 58.8. The molecule has 0 saturated heterocycles. The predicted molar refractivity (Wildman–Crippen MR) is 358 cm³/mol. The van der Waals surface area contributed by atoms with Gasteiger partial charge in [-0.3, -0.25) is 37.3 Å². The number of allylic oxidation sites excluding steroid dienone is 4. The van der Waals surface area contributed by atoms with Crippen LogP contribution in [0.3, 0.4) is 0 Å². The lowest BCUT2D eigenvalue weighted by atomic mass is 10.0. The van der Waals surface area contributed by atoms with E-state index in [0.717, 1.165) is 109 Å². The van der Waals surface area contributed by atoms with E-state index in [1.54, 1.807) is 0 Å². The van der Waals surface area contributed by atoms with Gasteiger partial charge in [-0.25, -0.2) is 9.13 Å². The Morgan fingerprint density at radius 1 is 0.348 bits per heavy atom. The lowest BCUT2D eigenvalue weighted by molar-refractivity contribution is -0.161. The molecule has 0 aromatic rings. The van der Waals surface area contributed by atoms with Crippen LogP contribution in [-0.2, 0) is 65.4 Å². The number of phosphoric ester groups is 2. The van der Waals surface area contributed by atoms with E-state index < -0.39 is 97.5 Å². The molecule has 0 bridgehead atoms. The fraction of sp³-hybridized carbons (Fsp3) is 0.886. The summed E-state index contributed by atoms with van der Waals surface area (Å²) in [6.07, 6.45) is 52.3. The van der Waals surface area contributed by atoms with Gasteiger partial charge < -0.3 is 33.8 Å². The van der Waals surface area contributed by atoms with Crippen molar-refractivity contribution >= 4 is 39.5 Å². The van der Waals surface area contributed by atoms with Gasteiger partial charge in [0.05, 0.1) is 26.4 Å². The van der Waals surface area contributed by atoms with E-state index in [4.69, 9.17) is 37.0 Å². The Morgan fingerprint density at radius 2 is 0.607 bits per heavy atom. The van der Waals surface area contributed by atoms with Crippen molar-refractivity contribution in [1.29, 1.82) is 0 Å². The summed E-state index contributed by atoms with van der Waals surface area (Å²) < 4.78 is 68.2. The molecule has 0 amide bonds. The Labute approximate surface area is 542 Å². The first-order chi connectivity index (χ1) is 43.0. The van der Waals surface area contributed by atoms with E-state index in [1.807, 2.05) is 0 Å². The Bertz CT molecular complexity index is 1810. The fourth-order valence-corrected chi connectivity index (χ4v) is 11.7. The average molecular weight is 1310 g/mol. The van der Waals surface area contributed by atoms with Crippen molar-refractivity contribution in [1.82, 2.24) is 0 Å². The van der Waals surface area contributed by atoms with Crippen LogP contribution in [0.2, 0.25) is 0 Å². The van der Waals surface area contributed by atoms with Gasteiger partial charge >= 0.3 is 39.5 Å². The summed E-state index contributed by atoms with van der Waals surface area (Å²) in [5.41, 5.74) is 0. The topological polar surface area (TPSA) is 237 Å². The quantitative estimate of drug-likeness (QED) is 0.0169. The van der Waals surface area contributed by atoms with E-state index in [2.05, 4.69) is 58.9 Å². The van der Waals surface area contributed by atoms with Crippen molar-refractivity contribution in [2.75, 3.05) is 39.6 Å². The SMILES string of the molecule is CCCCCC/C=C\C=C/CCCCCCCC(=O)O[C@H](COC(=O)CCCCCCCCCCCCCCCCC)COP(=O)(O)OC[C@@H](O)COP(=O)(O)OC[C@@H](COC(=O)CCCCCCCCC(C)C)OC(=O)CCCCCCCCCCCC. The van der Waals surface area contributed by atoms with E-state index in [1.165, 1.54) is 141 Å². The molecule has 0 spiro atoms. The van der Waals surface area contributed by atoms with Crippen molar-refractivity contribution in [3.8, 4) is 0 Å². The smallest absolute Gasteiger partial charge is 0.462 e. The van der Waals surface area contributed by atoms with Gasteiger partial charge in [0.15, 0.2) is 12.2 Å². The fourth-order valence-electron chi connectivity index (χ4n) is 10.1. The van der Waals surface area contributed by atoms with Gasteiger partial charge in [0, 0.05) is 25.7 Å². The number of rotatable bonds is 68. The molecule has 89 heavy (non-hydrogen) atoms. The highest BCUT2D eigenvalue weighted by Gasteiger charge is 2.30. The van der Waals surface area contributed by atoms with E-state index in [-0.39, 0.29) is 25.7 Å². The molecule has 0 aliphatic heterocycles. The molecule has 0 aromatic carbocycles. The molecule has 0 rings (SSSR count). The number of aliphatic hydroxyl groups excluding tert-OH is 1. The number of esters is 4. The van der Waals surface area contributed by atoms with Crippen LogP contribution in [0.1, 0.15) is 336 Å². The van der Waals surface area contributed by atoms with Crippen LogP contribution in [0, 0.1) is 5.92 Å². The predicted octanol–water partition coefficient (Wildman–Crippen LogP) is 19.7. The summed E-state index contributed by atoms with van der Waals surface area (Å²) >= 11 is 0. The van der Waals surface area contributed by atoms with Gasteiger partial charge in [-0.05, 0) is 57.3 Å². The molecule has 2 unspecified atom stereocenters. The molecule has 524 valence electrons. The van der Waals surface area contributed by atoms with E-state index >= 15 is 0 Å². The number of aliphatic hydroxyl groups is 1. The van der Waals surface area contributed by atoms with Crippen LogP contribution in [0.15, 0.2) is 24.3 Å². The zero-order valence-electron chi connectivity index (χ0n) is 57.0. The Morgan fingerprint density at radius 3 is 0.921 bits per heavy atom. The van der Waals surface area contributed by atoms with Gasteiger partial charge in [0.1, 0.15) is 19.3 Å². The van der Waals surface area contributed by atoms with Gasteiger partial charge in [0.25, 0.3) is 0 Å². The lowest BCUT2D eigenvalue weighted by Gasteiger charge is -2.21. The number of ether oxygens (including phenoxy) is 4. The van der Waals surface area contributed by atoms with Crippen molar-refractivity contribution in [2.45, 2.75) is 355 Å². The maximum Gasteiger partial charge on any atom is 0.472 e. The van der Waals surface area contributed by atoms with Crippen molar-refractivity contribution in [2.24, 2.45) is 5.92 Å². The third-order valence-electron chi connectivity index (χ3n) is 15.7. The van der Waals surface area contributed by atoms with Crippen LogP contribution in [0.4, 0.5) is 0 Å². The first kappa shape index (κ1) is 86.5. The molecule has 3 N–H and O–H groups in total. The third-order valence-corrected chi connectivity index (χ3v) is 17.6. The second-order valence-electron chi connectivity index (χ2n) is 25.1. The molecule has 0 fully saturated rings. The Balaban J connectivity index is 5.26. The molecule has 0 aliphatic rings. The Hall–Kier alpha value is -2.46. The molecule has 0 aromatic heterocycles. The Kier molecular flexibility index (Phi) is 61.2. The van der Waals surface area contributed by atoms with Crippen molar-refractivity contribution < 1.29 is 80.2 Å². The minimum absolute atomic E-state index is 0.0855. The standard InChI is InChI=1S/C70H132O17P2/c1-6-9-12-15-18-21-24-26-28-30-32-35-37-43-48-53-67(72)80-59-65(86-70(75)56-51-46-39-36-33-31-29-27-25-22-19-16-13-10-7-2)61-84-88(76,77)82-57-64(71)58-83-89(78,79)85-62-66(60-81-68(73)54-49-44-41-40-42-47-52-63(4)5)87-69(74)55-50-45-38-34-23-20-17-14-11-8-3/h22,25,27,29,63-66,71H,6-21,23-24,26,28,30-62H2,1-5H3,(H,76,77)(H,78,79)/b25-22-,29-27-/t64-,65-,66-/m1/s1. The van der Waals surface area contributed by atoms with Crippen LogP contribution in [-0.4, -0.2) is 96.7 Å². The van der Waals surface area contributed by atoms with Crippen LogP contribution in [0.5, 0.6) is 0 Å². The highest BCUT2D eigenvalue weighted by atomic mass is 31.2. The highest BCUT2D eigenvalue weighted by molar-refractivity contribution is 7.47. The van der Waals surface area contributed by atoms with Crippen molar-refractivity contribution in [3.05, 3.63) is 24.3 Å². The summed E-state index contributed by atoms with van der Waals surface area (Å²) in [4.78, 5) is 72.4. The molecule has 5 atom stereocenters. The van der Waals surface area contributed by atoms with Gasteiger partial charge in [-0.2, -0.15) is 0 Å². The molecule has 0 radical (unpaired) electrons. The summed E-state index contributed by atoms with van der Waals surface area (Å²) in [5.74, 6) is -1.48. The molecular weight excluding hydrogens is 1170 g/mol. The van der Waals surface area contributed by atoms with E-state index in [9.17, 15) is 43.2 Å². The minimum atomic E-state index is -4.96. The summed E-state index contributed by atoms with van der Waals surface area (Å²) in [5, 5.41) is 10.6. The number of carbonyl (C=O) groups excluding carboxylic acids is 4. The first-order valence-electron chi connectivity index (χ1n) is 36.0. The summed E-state index contributed by atoms with van der Waals surface area (Å²) in [6.45, 7) is 7.08. The number of hydrogen-bond donors (Lipinski definition) is 3. The number of hydrogen-bond acceptors (Lipinski definition) is 15. The maximum atomic E-state index is 13.0. The highest BCUT2D eigenvalue weighted by Crippen LogP contribution is 2.45. The molecule has 0 aliphatic carbocycles.